The van der Waals surface area contributed by atoms with E-state index < -0.39 is 6.09 Å². The molecule has 0 aromatic heterocycles. The van der Waals surface area contributed by atoms with E-state index in [4.69, 9.17) is 15.1 Å². The number of benzene rings is 1. The molecule has 0 unspecified atom stereocenters. The van der Waals surface area contributed by atoms with Crippen molar-refractivity contribution in [2.45, 2.75) is 12.8 Å². The van der Waals surface area contributed by atoms with E-state index in [9.17, 15) is 4.79 Å². The summed E-state index contributed by atoms with van der Waals surface area (Å²) in [6.07, 6.45) is 0.831. The van der Waals surface area contributed by atoms with E-state index >= 15 is 0 Å². The van der Waals surface area contributed by atoms with E-state index in [0.717, 1.165) is 18.6 Å². The normalized spacial score (nSPS) is 15.8. The third kappa shape index (κ3) is 3.62. The van der Waals surface area contributed by atoms with Gasteiger partial charge < -0.3 is 14.7 Å². The number of likely N-dealkylation sites (tertiary alicyclic amines) is 1. The fourth-order valence-electron chi connectivity index (χ4n) is 2.13. The molecular weight excluding hydrogens is 244 g/mol. The molecule has 0 atom stereocenters. The van der Waals surface area contributed by atoms with Gasteiger partial charge in [0.15, 0.2) is 0 Å². The molecule has 1 fully saturated rings. The third-order valence-corrected chi connectivity index (χ3v) is 3.35. The minimum atomic E-state index is -0.841. The highest BCUT2D eigenvalue weighted by Gasteiger charge is 2.22. The second-order valence-electron chi connectivity index (χ2n) is 4.66. The molecule has 1 saturated heterocycles. The van der Waals surface area contributed by atoms with Gasteiger partial charge in [-0.2, -0.15) is 5.26 Å². The van der Waals surface area contributed by atoms with Crippen LogP contribution in [-0.2, 0) is 0 Å². The smallest absolute Gasteiger partial charge is 0.407 e. The number of nitrogens with zero attached hydrogens (tertiary/aromatic N) is 2. The molecule has 5 nitrogen and oxygen atoms in total. The number of carboxylic acid groups (broad SMARTS) is 1. The zero-order valence-corrected chi connectivity index (χ0v) is 10.6. The summed E-state index contributed by atoms with van der Waals surface area (Å²) in [4.78, 5) is 12.2. The van der Waals surface area contributed by atoms with Gasteiger partial charge in [-0.3, -0.25) is 0 Å². The summed E-state index contributed by atoms with van der Waals surface area (Å²) in [5.74, 6) is 1.14. The van der Waals surface area contributed by atoms with Crippen molar-refractivity contribution < 1.29 is 14.6 Å². The quantitative estimate of drug-likeness (QED) is 0.905. The molecule has 1 aromatic rings. The van der Waals surface area contributed by atoms with Crippen LogP contribution in [0.3, 0.4) is 0 Å². The minimum absolute atomic E-state index is 0.395. The Morgan fingerprint density at radius 2 is 2.00 bits per heavy atom. The highest BCUT2D eigenvalue weighted by molar-refractivity contribution is 5.64. The van der Waals surface area contributed by atoms with Crippen LogP contribution in [0.25, 0.3) is 0 Å². The lowest BCUT2D eigenvalue weighted by Crippen LogP contribution is -2.38. The Morgan fingerprint density at radius 3 is 2.53 bits per heavy atom. The molecule has 1 aromatic carbocycles. The summed E-state index contributed by atoms with van der Waals surface area (Å²) in [6, 6.07) is 9.07. The Labute approximate surface area is 112 Å². The van der Waals surface area contributed by atoms with Crippen molar-refractivity contribution >= 4 is 6.09 Å². The van der Waals surface area contributed by atoms with E-state index in [0.29, 0.717) is 31.2 Å². The zero-order chi connectivity index (χ0) is 13.7. The fraction of sp³-hybridized carbons (Fsp3) is 0.429. The summed E-state index contributed by atoms with van der Waals surface area (Å²) >= 11 is 0. The monoisotopic (exact) mass is 260 g/mol. The fourth-order valence-corrected chi connectivity index (χ4v) is 2.13. The molecule has 1 N–H and O–H groups in total. The number of carbonyl (C=O) groups is 1. The molecule has 19 heavy (non-hydrogen) atoms. The van der Waals surface area contributed by atoms with Crippen LogP contribution in [0.1, 0.15) is 18.4 Å². The van der Waals surface area contributed by atoms with Gasteiger partial charge in [-0.05, 0) is 43.0 Å². The average Bonchev–Trinajstić information content (AvgIpc) is 2.46. The van der Waals surface area contributed by atoms with Crippen molar-refractivity contribution in [2.24, 2.45) is 5.92 Å². The van der Waals surface area contributed by atoms with Gasteiger partial charge in [-0.25, -0.2) is 4.79 Å². The maximum absolute atomic E-state index is 10.8. The SMILES string of the molecule is N#Cc1ccc(OCC2CCN(C(=O)O)CC2)cc1. The van der Waals surface area contributed by atoms with Crippen molar-refractivity contribution in [1.29, 1.82) is 5.26 Å². The Hall–Kier alpha value is -2.22. The lowest BCUT2D eigenvalue weighted by atomic mass is 9.98. The van der Waals surface area contributed by atoms with Crippen molar-refractivity contribution in [1.82, 2.24) is 4.90 Å². The van der Waals surface area contributed by atoms with Gasteiger partial charge in [-0.1, -0.05) is 0 Å². The molecule has 0 aliphatic carbocycles. The summed E-state index contributed by atoms with van der Waals surface area (Å²) in [7, 11) is 0. The Morgan fingerprint density at radius 1 is 1.37 bits per heavy atom. The van der Waals surface area contributed by atoms with Crippen LogP contribution in [0.15, 0.2) is 24.3 Å². The summed E-state index contributed by atoms with van der Waals surface area (Å²) in [5, 5.41) is 17.5. The highest BCUT2D eigenvalue weighted by Crippen LogP contribution is 2.19. The highest BCUT2D eigenvalue weighted by atomic mass is 16.5. The first-order valence-corrected chi connectivity index (χ1v) is 6.30. The van der Waals surface area contributed by atoms with Crippen molar-refractivity contribution in [3.8, 4) is 11.8 Å². The standard InChI is InChI=1S/C14H16N2O3/c15-9-11-1-3-13(4-2-11)19-10-12-5-7-16(8-6-12)14(17)18/h1-4,12H,5-8,10H2,(H,17,18). The molecule has 1 aliphatic rings. The molecule has 1 heterocycles. The predicted molar refractivity (Wildman–Crippen MR) is 69.0 cm³/mol. The van der Waals surface area contributed by atoms with Gasteiger partial charge in [0.2, 0.25) is 0 Å². The number of ether oxygens (including phenoxy) is 1. The minimum Gasteiger partial charge on any atom is -0.493 e. The third-order valence-electron chi connectivity index (χ3n) is 3.35. The topological polar surface area (TPSA) is 73.6 Å². The molecule has 1 amide bonds. The molecule has 0 spiro atoms. The van der Waals surface area contributed by atoms with Gasteiger partial charge in [-0.15, -0.1) is 0 Å². The number of nitriles is 1. The average molecular weight is 260 g/mol. The van der Waals surface area contributed by atoms with Crippen molar-refractivity contribution in [3.05, 3.63) is 29.8 Å². The zero-order valence-electron chi connectivity index (χ0n) is 10.6. The molecule has 2 rings (SSSR count). The maximum Gasteiger partial charge on any atom is 0.407 e. The Balaban J connectivity index is 1.77. The molecule has 100 valence electrons. The second kappa shape index (κ2) is 6.10. The molecular formula is C14H16N2O3. The first kappa shape index (κ1) is 13.2. The van der Waals surface area contributed by atoms with Crippen LogP contribution < -0.4 is 4.74 Å². The van der Waals surface area contributed by atoms with E-state index in [2.05, 4.69) is 6.07 Å². The van der Waals surface area contributed by atoms with Crippen molar-refractivity contribution in [3.63, 3.8) is 0 Å². The van der Waals surface area contributed by atoms with Crippen LogP contribution >= 0.6 is 0 Å². The van der Waals surface area contributed by atoms with E-state index in [1.165, 1.54) is 4.90 Å². The molecule has 0 bridgehead atoms. The molecule has 0 radical (unpaired) electrons. The predicted octanol–water partition coefficient (Wildman–Crippen LogP) is 2.33. The van der Waals surface area contributed by atoms with Gasteiger partial charge in [0.1, 0.15) is 5.75 Å². The van der Waals surface area contributed by atoms with Crippen LogP contribution in [0.2, 0.25) is 0 Å². The number of amides is 1. The Kier molecular flexibility index (Phi) is 4.24. The van der Waals surface area contributed by atoms with Crippen LogP contribution in [-0.4, -0.2) is 35.8 Å². The summed E-state index contributed by atoms with van der Waals surface area (Å²) < 4.78 is 5.67. The largest absolute Gasteiger partial charge is 0.493 e. The van der Waals surface area contributed by atoms with Crippen LogP contribution in [0.5, 0.6) is 5.75 Å². The van der Waals surface area contributed by atoms with E-state index in [-0.39, 0.29) is 0 Å². The van der Waals surface area contributed by atoms with Gasteiger partial charge in [0, 0.05) is 13.1 Å². The number of rotatable bonds is 3. The van der Waals surface area contributed by atoms with Gasteiger partial charge >= 0.3 is 6.09 Å². The second-order valence-corrected chi connectivity index (χ2v) is 4.66. The van der Waals surface area contributed by atoms with Crippen molar-refractivity contribution in [2.75, 3.05) is 19.7 Å². The number of piperidine rings is 1. The molecule has 5 heteroatoms. The lowest BCUT2D eigenvalue weighted by Gasteiger charge is -2.29. The maximum atomic E-state index is 10.8. The van der Waals surface area contributed by atoms with Gasteiger partial charge in [0.05, 0.1) is 18.2 Å². The van der Waals surface area contributed by atoms with E-state index in [1.807, 2.05) is 0 Å². The lowest BCUT2D eigenvalue weighted by molar-refractivity contribution is 0.111. The molecule has 0 saturated carbocycles. The van der Waals surface area contributed by atoms with Crippen LogP contribution in [0.4, 0.5) is 4.79 Å². The first-order valence-electron chi connectivity index (χ1n) is 6.30. The first-order chi connectivity index (χ1) is 9.19. The van der Waals surface area contributed by atoms with E-state index in [1.54, 1.807) is 24.3 Å². The molecule has 1 aliphatic heterocycles. The number of hydrogen-bond donors (Lipinski definition) is 1. The Bertz CT molecular complexity index is 470. The number of hydrogen-bond acceptors (Lipinski definition) is 3. The van der Waals surface area contributed by atoms with Crippen LogP contribution in [0, 0.1) is 17.2 Å². The summed E-state index contributed by atoms with van der Waals surface area (Å²) in [6.45, 7) is 1.76. The summed E-state index contributed by atoms with van der Waals surface area (Å²) in [5.41, 5.74) is 0.613. The van der Waals surface area contributed by atoms with Gasteiger partial charge in [0.25, 0.3) is 0 Å².